The van der Waals surface area contributed by atoms with E-state index >= 15 is 0 Å². The molecular formula is C13H16N2O4. The first-order valence-corrected chi connectivity index (χ1v) is 6.21. The molecule has 2 atom stereocenters. The summed E-state index contributed by atoms with van der Waals surface area (Å²) in [4.78, 5) is 26.4. The minimum atomic E-state index is -1.01. The van der Waals surface area contributed by atoms with E-state index in [0.717, 1.165) is 5.56 Å². The van der Waals surface area contributed by atoms with Gasteiger partial charge >= 0.3 is 5.97 Å². The van der Waals surface area contributed by atoms with Crippen LogP contribution in [0.25, 0.3) is 0 Å². The lowest BCUT2D eigenvalue weighted by molar-refractivity contribution is -0.151. The zero-order valence-corrected chi connectivity index (χ0v) is 10.4. The Morgan fingerprint density at radius 3 is 2.63 bits per heavy atom. The number of nitrogens with one attached hydrogen (secondary N) is 1. The van der Waals surface area contributed by atoms with Crippen molar-refractivity contribution in [2.45, 2.75) is 31.5 Å². The van der Waals surface area contributed by atoms with E-state index in [4.69, 9.17) is 9.84 Å². The van der Waals surface area contributed by atoms with Crippen molar-refractivity contribution in [1.82, 2.24) is 10.3 Å². The van der Waals surface area contributed by atoms with Gasteiger partial charge in [-0.25, -0.2) is 4.79 Å². The molecule has 6 nitrogen and oxygen atoms in total. The Bertz CT molecular complexity index is 449. The fourth-order valence-electron chi connectivity index (χ4n) is 2.01. The van der Waals surface area contributed by atoms with Crippen LogP contribution in [0.15, 0.2) is 24.5 Å². The highest BCUT2D eigenvalue weighted by Gasteiger charge is 2.34. The molecular weight excluding hydrogens is 248 g/mol. The zero-order chi connectivity index (χ0) is 13.7. The van der Waals surface area contributed by atoms with Crippen LogP contribution in [-0.4, -0.2) is 40.7 Å². The van der Waals surface area contributed by atoms with Gasteiger partial charge in [-0.2, -0.15) is 0 Å². The van der Waals surface area contributed by atoms with Crippen molar-refractivity contribution in [3.05, 3.63) is 30.1 Å². The quantitative estimate of drug-likeness (QED) is 0.802. The lowest BCUT2D eigenvalue weighted by Gasteiger charge is -2.11. The number of carbonyl (C=O) groups excluding carboxylic acids is 1. The van der Waals surface area contributed by atoms with Crippen LogP contribution < -0.4 is 5.32 Å². The summed E-state index contributed by atoms with van der Waals surface area (Å²) in [7, 11) is 0. The number of carbonyl (C=O) groups is 2. The summed E-state index contributed by atoms with van der Waals surface area (Å²) >= 11 is 0. The van der Waals surface area contributed by atoms with Crippen molar-refractivity contribution in [2.24, 2.45) is 0 Å². The van der Waals surface area contributed by atoms with Gasteiger partial charge in [-0.05, 0) is 37.0 Å². The Hall–Kier alpha value is -1.95. The molecule has 2 N–H and O–H groups in total. The van der Waals surface area contributed by atoms with Crippen molar-refractivity contribution in [1.29, 1.82) is 0 Å². The van der Waals surface area contributed by atoms with Crippen molar-refractivity contribution < 1.29 is 19.4 Å². The summed E-state index contributed by atoms with van der Waals surface area (Å²) in [5.74, 6) is -1.25. The van der Waals surface area contributed by atoms with E-state index in [1.54, 1.807) is 12.4 Å². The molecule has 102 valence electrons. The maximum atomic E-state index is 11.8. The van der Waals surface area contributed by atoms with E-state index in [0.29, 0.717) is 25.8 Å². The van der Waals surface area contributed by atoms with E-state index in [9.17, 15) is 9.59 Å². The third-order valence-corrected chi connectivity index (χ3v) is 3.05. The summed E-state index contributed by atoms with van der Waals surface area (Å²) in [6, 6.07) is 3.78. The van der Waals surface area contributed by atoms with Gasteiger partial charge in [0.2, 0.25) is 5.91 Å². The Kier molecular flexibility index (Phi) is 4.46. The SMILES string of the molecule is O=C(O)C1CCC(C(=O)NCCc2ccncc2)O1. The second-order valence-electron chi connectivity index (χ2n) is 4.43. The second kappa shape index (κ2) is 6.29. The molecule has 1 aliphatic heterocycles. The Labute approximate surface area is 110 Å². The number of aromatic nitrogens is 1. The van der Waals surface area contributed by atoms with Gasteiger partial charge in [0.15, 0.2) is 6.10 Å². The largest absolute Gasteiger partial charge is 0.479 e. The molecule has 0 bridgehead atoms. The van der Waals surface area contributed by atoms with Crippen LogP contribution in [-0.2, 0) is 20.7 Å². The Morgan fingerprint density at radius 2 is 2.00 bits per heavy atom. The van der Waals surface area contributed by atoms with Gasteiger partial charge in [-0.15, -0.1) is 0 Å². The molecule has 1 fully saturated rings. The van der Waals surface area contributed by atoms with Gasteiger partial charge in [0, 0.05) is 18.9 Å². The first-order chi connectivity index (χ1) is 9.16. The van der Waals surface area contributed by atoms with E-state index in [1.165, 1.54) is 0 Å². The number of amides is 1. The third-order valence-electron chi connectivity index (χ3n) is 3.05. The monoisotopic (exact) mass is 264 g/mol. The number of rotatable bonds is 5. The van der Waals surface area contributed by atoms with Crippen LogP contribution in [0.5, 0.6) is 0 Å². The van der Waals surface area contributed by atoms with E-state index in [1.807, 2.05) is 12.1 Å². The van der Waals surface area contributed by atoms with Gasteiger partial charge in [-0.3, -0.25) is 9.78 Å². The molecule has 0 radical (unpaired) electrons. The molecule has 1 aromatic heterocycles. The van der Waals surface area contributed by atoms with Crippen molar-refractivity contribution in [2.75, 3.05) is 6.54 Å². The molecule has 1 aliphatic rings. The minimum absolute atomic E-state index is 0.238. The lowest BCUT2D eigenvalue weighted by atomic mass is 10.1. The number of hydrogen-bond acceptors (Lipinski definition) is 4. The highest BCUT2D eigenvalue weighted by molar-refractivity contribution is 5.82. The van der Waals surface area contributed by atoms with Crippen molar-refractivity contribution in [3.63, 3.8) is 0 Å². The smallest absolute Gasteiger partial charge is 0.332 e. The van der Waals surface area contributed by atoms with E-state index < -0.39 is 18.2 Å². The average molecular weight is 264 g/mol. The maximum absolute atomic E-state index is 11.8. The first kappa shape index (κ1) is 13.5. The van der Waals surface area contributed by atoms with Crippen LogP contribution >= 0.6 is 0 Å². The number of pyridine rings is 1. The minimum Gasteiger partial charge on any atom is -0.479 e. The van der Waals surface area contributed by atoms with Crippen LogP contribution in [0, 0.1) is 0 Å². The topological polar surface area (TPSA) is 88.5 Å². The number of carboxylic acid groups (broad SMARTS) is 1. The molecule has 0 saturated carbocycles. The summed E-state index contributed by atoms with van der Waals surface area (Å²) in [6.45, 7) is 0.500. The molecule has 0 aliphatic carbocycles. The van der Waals surface area contributed by atoms with Crippen molar-refractivity contribution in [3.8, 4) is 0 Å². The molecule has 1 amide bonds. The van der Waals surface area contributed by atoms with E-state index in [-0.39, 0.29) is 5.91 Å². The standard InChI is InChI=1S/C13H16N2O4/c16-12(10-1-2-11(19-10)13(17)18)15-8-5-9-3-6-14-7-4-9/h3-4,6-7,10-11H,1-2,5,8H2,(H,15,16)(H,17,18). The summed E-state index contributed by atoms with van der Waals surface area (Å²) in [6.07, 6.45) is 3.47. The Morgan fingerprint density at radius 1 is 1.32 bits per heavy atom. The Balaban J connectivity index is 1.72. The summed E-state index contributed by atoms with van der Waals surface area (Å²) in [5, 5.41) is 11.5. The number of nitrogens with zero attached hydrogens (tertiary/aromatic N) is 1. The van der Waals surface area contributed by atoms with Gasteiger partial charge in [-0.1, -0.05) is 0 Å². The zero-order valence-electron chi connectivity index (χ0n) is 10.4. The normalized spacial score (nSPS) is 22.1. The van der Waals surface area contributed by atoms with Crippen LogP contribution in [0.4, 0.5) is 0 Å². The molecule has 19 heavy (non-hydrogen) atoms. The van der Waals surface area contributed by atoms with Crippen LogP contribution in [0.2, 0.25) is 0 Å². The third kappa shape index (κ3) is 3.75. The van der Waals surface area contributed by atoms with Crippen LogP contribution in [0.1, 0.15) is 18.4 Å². The molecule has 0 aromatic carbocycles. The maximum Gasteiger partial charge on any atom is 0.332 e. The number of hydrogen-bond donors (Lipinski definition) is 2. The molecule has 0 spiro atoms. The van der Waals surface area contributed by atoms with E-state index in [2.05, 4.69) is 10.3 Å². The lowest BCUT2D eigenvalue weighted by Crippen LogP contribution is -2.36. The highest BCUT2D eigenvalue weighted by Crippen LogP contribution is 2.19. The second-order valence-corrected chi connectivity index (χ2v) is 4.43. The number of ether oxygens (including phenoxy) is 1. The first-order valence-electron chi connectivity index (χ1n) is 6.21. The van der Waals surface area contributed by atoms with Crippen molar-refractivity contribution >= 4 is 11.9 Å². The molecule has 6 heteroatoms. The van der Waals surface area contributed by atoms with Gasteiger partial charge in [0.25, 0.3) is 0 Å². The fraction of sp³-hybridized carbons (Fsp3) is 0.462. The fourth-order valence-corrected chi connectivity index (χ4v) is 2.01. The molecule has 1 saturated heterocycles. The van der Waals surface area contributed by atoms with Gasteiger partial charge in [0.1, 0.15) is 6.10 Å². The summed E-state index contributed by atoms with van der Waals surface area (Å²) < 4.78 is 5.17. The number of carboxylic acids is 1. The van der Waals surface area contributed by atoms with Gasteiger partial charge < -0.3 is 15.2 Å². The number of aliphatic carboxylic acids is 1. The highest BCUT2D eigenvalue weighted by atomic mass is 16.5. The molecule has 2 heterocycles. The van der Waals surface area contributed by atoms with Crippen LogP contribution in [0.3, 0.4) is 0 Å². The predicted molar refractivity (Wildman–Crippen MR) is 66.5 cm³/mol. The molecule has 1 aromatic rings. The molecule has 2 rings (SSSR count). The predicted octanol–water partition coefficient (Wildman–Crippen LogP) is 0.372. The molecule has 2 unspecified atom stereocenters. The van der Waals surface area contributed by atoms with Gasteiger partial charge in [0.05, 0.1) is 0 Å². The summed E-state index contributed by atoms with van der Waals surface area (Å²) in [5.41, 5.74) is 1.09. The average Bonchev–Trinajstić information content (AvgIpc) is 2.89.